The SMILES string of the molecule is O=P(c1cccc(-c2cccc(P(=O)(c3cccc4ccccc34)c3cccc4ccccc34)c2)c1)(c1cccc2ccccc12)c1cccc2ccccc12. The van der Waals surface area contributed by atoms with Gasteiger partial charge in [-0.1, -0.05) is 206 Å². The minimum atomic E-state index is -3.46. The summed E-state index contributed by atoms with van der Waals surface area (Å²) in [6, 6.07) is 73.7. The molecule has 0 aliphatic carbocycles. The zero-order valence-corrected chi connectivity index (χ0v) is 32.3. The van der Waals surface area contributed by atoms with Gasteiger partial charge in [-0.15, -0.1) is 0 Å². The zero-order valence-electron chi connectivity index (χ0n) is 30.5. The first-order chi connectivity index (χ1) is 27.5. The van der Waals surface area contributed by atoms with Gasteiger partial charge in [0.05, 0.1) is 0 Å². The number of hydrogen-bond donors (Lipinski definition) is 0. The fraction of sp³-hybridized carbons (Fsp3) is 0. The van der Waals surface area contributed by atoms with Gasteiger partial charge in [-0.25, -0.2) is 0 Å². The molecule has 0 saturated heterocycles. The van der Waals surface area contributed by atoms with Gasteiger partial charge < -0.3 is 9.13 Å². The van der Waals surface area contributed by atoms with Crippen molar-refractivity contribution >= 4 is 89.2 Å². The summed E-state index contributed by atoms with van der Waals surface area (Å²) in [5.74, 6) is 0. The lowest BCUT2D eigenvalue weighted by molar-refractivity contribution is 0.592. The van der Waals surface area contributed by atoms with Crippen molar-refractivity contribution in [3.8, 4) is 11.1 Å². The second kappa shape index (κ2) is 13.8. The molecule has 0 heterocycles. The van der Waals surface area contributed by atoms with Gasteiger partial charge in [0.15, 0.2) is 14.3 Å². The Balaban J connectivity index is 1.20. The van der Waals surface area contributed by atoms with E-state index in [2.05, 4.69) is 97.1 Å². The van der Waals surface area contributed by atoms with Crippen LogP contribution in [0, 0.1) is 0 Å². The van der Waals surface area contributed by atoms with Gasteiger partial charge in [0, 0.05) is 31.8 Å². The van der Waals surface area contributed by atoms with Crippen LogP contribution in [0.1, 0.15) is 0 Å². The number of fused-ring (bicyclic) bond motifs is 4. The molecule has 0 N–H and O–H groups in total. The number of rotatable bonds is 7. The van der Waals surface area contributed by atoms with E-state index in [0.717, 1.165) is 86.0 Å². The predicted molar refractivity (Wildman–Crippen MR) is 241 cm³/mol. The summed E-state index contributed by atoms with van der Waals surface area (Å²) in [7, 11) is -6.93. The van der Waals surface area contributed by atoms with Crippen LogP contribution in [0.4, 0.5) is 0 Å². The van der Waals surface area contributed by atoms with Crippen molar-refractivity contribution < 1.29 is 9.13 Å². The second-order valence-corrected chi connectivity index (χ2v) is 19.7. The molecule has 0 fully saturated rings. The van der Waals surface area contributed by atoms with E-state index in [-0.39, 0.29) is 0 Å². The third-order valence-corrected chi connectivity index (χ3v) is 17.5. The maximum absolute atomic E-state index is 16.4. The van der Waals surface area contributed by atoms with E-state index in [4.69, 9.17) is 0 Å². The Morgan fingerprint density at radius 3 is 0.804 bits per heavy atom. The monoisotopic (exact) mass is 754 g/mol. The summed E-state index contributed by atoms with van der Waals surface area (Å²) in [6.07, 6.45) is 0. The van der Waals surface area contributed by atoms with Crippen LogP contribution in [0.5, 0.6) is 0 Å². The van der Waals surface area contributed by atoms with Crippen LogP contribution in [0.25, 0.3) is 54.2 Å². The smallest absolute Gasteiger partial charge is 0.172 e. The van der Waals surface area contributed by atoms with Crippen LogP contribution in [0.3, 0.4) is 0 Å². The Morgan fingerprint density at radius 1 is 0.250 bits per heavy atom. The highest BCUT2D eigenvalue weighted by Crippen LogP contribution is 2.49. The van der Waals surface area contributed by atoms with E-state index in [1.807, 2.05) is 121 Å². The molecule has 0 bridgehead atoms. The van der Waals surface area contributed by atoms with Crippen molar-refractivity contribution in [1.82, 2.24) is 0 Å². The lowest BCUT2D eigenvalue weighted by Crippen LogP contribution is -2.27. The Labute approximate surface area is 326 Å². The van der Waals surface area contributed by atoms with Crippen molar-refractivity contribution in [2.75, 3.05) is 0 Å². The Kier molecular flexibility index (Phi) is 8.41. The maximum Gasteiger partial charge on any atom is 0.172 e. The molecule has 0 radical (unpaired) electrons. The van der Waals surface area contributed by atoms with Gasteiger partial charge in [-0.05, 0) is 66.3 Å². The van der Waals surface area contributed by atoms with Crippen molar-refractivity contribution in [1.29, 1.82) is 0 Å². The van der Waals surface area contributed by atoms with Crippen molar-refractivity contribution in [3.63, 3.8) is 0 Å². The fourth-order valence-electron chi connectivity index (χ4n) is 8.51. The summed E-state index contributed by atoms with van der Waals surface area (Å²) in [6.45, 7) is 0. The van der Waals surface area contributed by atoms with Gasteiger partial charge in [-0.2, -0.15) is 0 Å². The first kappa shape index (κ1) is 34.2. The highest BCUT2D eigenvalue weighted by Gasteiger charge is 2.35. The number of hydrogen-bond acceptors (Lipinski definition) is 2. The van der Waals surface area contributed by atoms with E-state index >= 15 is 9.13 Å². The molecule has 0 aliphatic heterocycles. The van der Waals surface area contributed by atoms with E-state index in [9.17, 15) is 0 Å². The van der Waals surface area contributed by atoms with Crippen LogP contribution in [-0.4, -0.2) is 0 Å². The molecule has 0 amide bonds. The van der Waals surface area contributed by atoms with Gasteiger partial charge in [0.2, 0.25) is 0 Å². The fourth-order valence-corrected chi connectivity index (χ4v) is 14.7. The van der Waals surface area contributed by atoms with Crippen molar-refractivity contribution in [2.45, 2.75) is 0 Å². The quantitative estimate of drug-likeness (QED) is 0.152. The molecule has 10 rings (SSSR count). The van der Waals surface area contributed by atoms with E-state index in [0.29, 0.717) is 0 Å². The van der Waals surface area contributed by atoms with Crippen LogP contribution in [-0.2, 0) is 9.13 Å². The number of benzene rings is 10. The molecule has 2 nitrogen and oxygen atoms in total. The second-order valence-electron chi connectivity index (χ2n) is 14.3. The van der Waals surface area contributed by atoms with Crippen LogP contribution in [0.2, 0.25) is 0 Å². The molecule has 0 atom stereocenters. The highest BCUT2D eigenvalue weighted by molar-refractivity contribution is 7.86. The van der Waals surface area contributed by atoms with Gasteiger partial charge in [0.25, 0.3) is 0 Å². The van der Waals surface area contributed by atoms with E-state index in [1.165, 1.54) is 0 Å². The minimum Gasteiger partial charge on any atom is -0.309 e. The summed E-state index contributed by atoms with van der Waals surface area (Å²) >= 11 is 0. The topological polar surface area (TPSA) is 34.1 Å². The minimum absolute atomic E-state index is 0.749. The molecule has 10 aromatic carbocycles. The summed E-state index contributed by atoms with van der Waals surface area (Å²) < 4.78 is 32.9. The van der Waals surface area contributed by atoms with Gasteiger partial charge >= 0.3 is 0 Å². The molecule has 266 valence electrons. The molecule has 10 aromatic rings. The van der Waals surface area contributed by atoms with E-state index in [1.54, 1.807) is 0 Å². The Hall–Kier alpha value is -6.30. The Morgan fingerprint density at radius 2 is 0.500 bits per heavy atom. The summed E-state index contributed by atoms with van der Waals surface area (Å²) in [5, 5.41) is 12.9. The van der Waals surface area contributed by atoms with Gasteiger partial charge in [0.1, 0.15) is 0 Å². The molecular formula is C52H36O2P2. The molecule has 0 saturated carbocycles. The highest BCUT2D eigenvalue weighted by atomic mass is 31.2. The molecule has 0 unspecified atom stereocenters. The summed E-state index contributed by atoms with van der Waals surface area (Å²) in [4.78, 5) is 0. The summed E-state index contributed by atoms with van der Waals surface area (Å²) in [5.41, 5.74) is 1.82. The normalized spacial score (nSPS) is 12.1. The largest absolute Gasteiger partial charge is 0.309 e. The Bertz CT molecular complexity index is 2830. The lowest BCUT2D eigenvalue weighted by atomic mass is 10.1. The van der Waals surface area contributed by atoms with E-state index < -0.39 is 14.3 Å². The van der Waals surface area contributed by atoms with Crippen LogP contribution >= 0.6 is 14.3 Å². The van der Waals surface area contributed by atoms with Crippen LogP contribution < -0.4 is 31.8 Å². The molecular weight excluding hydrogens is 719 g/mol. The average molecular weight is 755 g/mol. The molecule has 0 aliphatic rings. The molecule has 0 spiro atoms. The first-order valence-electron chi connectivity index (χ1n) is 18.9. The molecule has 56 heavy (non-hydrogen) atoms. The van der Waals surface area contributed by atoms with Crippen molar-refractivity contribution in [2.24, 2.45) is 0 Å². The maximum atomic E-state index is 16.4. The van der Waals surface area contributed by atoms with Crippen molar-refractivity contribution in [3.05, 3.63) is 218 Å². The molecule has 4 heteroatoms. The average Bonchev–Trinajstić information content (AvgIpc) is 3.28. The third kappa shape index (κ3) is 5.49. The van der Waals surface area contributed by atoms with Crippen LogP contribution in [0.15, 0.2) is 218 Å². The molecule has 0 aromatic heterocycles. The van der Waals surface area contributed by atoms with Gasteiger partial charge in [-0.3, -0.25) is 0 Å². The lowest BCUT2D eigenvalue weighted by Gasteiger charge is -2.25. The zero-order chi connectivity index (χ0) is 37.7. The first-order valence-corrected chi connectivity index (χ1v) is 22.3. The third-order valence-electron chi connectivity index (χ3n) is 11.2. The standard InChI is InChI=1S/C52H36O2P2/c53-55(49-31-11-19-37-15-1-5-27-45(37)49,50-32-12-20-38-16-2-6-28-46(38)50)43-25-9-23-41(35-43)42-24-10-26-44(36-42)56(54,51-33-13-21-39-17-3-7-29-47(39)51)52-34-14-22-40-18-4-8-30-48(40)52/h1-36H. The predicted octanol–water partition coefficient (Wildman–Crippen LogP) is 11.2.